The van der Waals surface area contributed by atoms with E-state index in [0.717, 1.165) is 6.54 Å². The standard InChI is InChI=1S/C14H25NS/c1-4-6-13(15-11-5-2)8-10-14-9-7-12(3)16-14/h7,9,13,15H,4-6,8,10-11H2,1-3H3. The van der Waals surface area contributed by atoms with Crippen LogP contribution in [-0.2, 0) is 6.42 Å². The molecule has 1 nitrogen and oxygen atoms in total. The largest absolute Gasteiger partial charge is 0.314 e. The zero-order valence-electron chi connectivity index (χ0n) is 10.9. The van der Waals surface area contributed by atoms with E-state index in [1.807, 2.05) is 11.3 Å². The van der Waals surface area contributed by atoms with Crippen molar-refractivity contribution < 1.29 is 0 Å². The summed E-state index contributed by atoms with van der Waals surface area (Å²) < 4.78 is 0. The van der Waals surface area contributed by atoms with E-state index >= 15 is 0 Å². The SMILES string of the molecule is CCCNC(CCC)CCc1ccc(C)s1. The molecule has 0 radical (unpaired) electrons. The maximum Gasteiger partial charge on any atom is 0.00704 e. The molecule has 0 aliphatic carbocycles. The molecule has 0 fully saturated rings. The molecular weight excluding hydrogens is 214 g/mol. The van der Waals surface area contributed by atoms with Gasteiger partial charge < -0.3 is 5.32 Å². The minimum atomic E-state index is 0.715. The third-order valence-corrected chi connectivity index (χ3v) is 3.92. The van der Waals surface area contributed by atoms with Crippen molar-refractivity contribution in [1.29, 1.82) is 0 Å². The summed E-state index contributed by atoms with van der Waals surface area (Å²) in [5.41, 5.74) is 0. The number of aryl methyl sites for hydroxylation is 2. The van der Waals surface area contributed by atoms with Crippen LogP contribution in [0.4, 0.5) is 0 Å². The van der Waals surface area contributed by atoms with Crippen LogP contribution in [0.5, 0.6) is 0 Å². The number of thiophene rings is 1. The van der Waals surface area contributed by atoms with E-state index < -0.39 is 0 Å². The molecule has 0 saturated carbocycles. The summed E-state index contributed by atoms with van der Waals surface area (Å²) in [4.78, 5) is 2.97. The third-order valence-electron chi connectivity index (χ3n) is 2.86. The van der Waals surface area contributed by atoms with Gasteiger partial charge in [-0.1, -0.05) is 20.3 Å². The second kappa shape index (κ2) is 7.86. The van der Waals surface area contributed by atoms with Gasteiger partial charge in [-0.25, -0.2) is 0 Å². The Kier molecular flexibility index (Phi) is 6.74. The third kappa shape index (κ3) is 5.13. The molecule has 1 aromatic heterocycles. The number of rotatable bonds is 8. The Morgan fingerprint density at radius 1 is 1.19 bits per heavy atom. The van der Waals surface area contributed by atoms with E-state index in [1.165, 1.54) is 41.9 Å². The molecule has 92 valence electrons. The maximum absolute atomic E-state index is 3.65. The van der Waals surface area contributed by atoms with E-state index in [1.54, 1.807) is 0 Å². The summed E-state index contributed by atoms with van der Waals surface area (Å²) in [6, 6.07) is 5.23. The zero-order chi connectivity index (χ0) is 11.8. The van der Waals surface area contributed by atoms with Crippen LogP contribution in [0.25, 0.3) is 0 Å². The van der Waals surface area contributed by atoms with Crippen molar-refractivity contribution in [2.24, 2.45) is 0 Å². The Morgan fingerprint density at radius 3 is 2.56 bits per heavy atom. The van der Waals surface area contributed by atoms with Gasteiger partial charge in [0.15, 0.2) is 0 Å². The molecule has 0 amide bonds. The average molecular weight is 239 g/mol. The van der Waals surface area contributed by atoms with E-state index in [-0.39, 0.29) is 0 Å². The minimum absolute atomic E-state index is 0.715. The summed E-state index contributed by atoms with van der Waals surface area (Å²) in [6.45, 7) is 7.86. The van der Waals surface area contributed by atoms with Gasteiger partial charge in [-0.3, -0.25) is 0 Å². The predicted octanol–water partition coefficient (Wildman–Crippen LogP) is 4.16. The van der Waals surface area contributed by atoms with Crippen LogP contribution >= 0.6 is 11.3 Å². The van der Waals surface area contributed by atoms with Crippen molar-refractivity contribution in [3.05, 3.63) is 21.9 Å². The summed E-state index contributed by atoms with van der Waals surface area (Å²) in [5.74, 6) is 0. The van der Waals surface area contributed by atoms with Gasteiger partial charge in [0.25, 0.3) is 0 Å². The van der Waals surface area contributed by atoms with Crippen LogP contribution < -0.4 is 5.32 Å². The Hall–Kier alpha value is -0.340. The number of hydrogen-bond donors (Lipinski definition) is 1. The fraction of sp³-hybridized carbons (Fsp3) is 0.714. The van der Waals surface area contributed by atoms with E-state index in [9.17, 15) is 0 Å². The predicted molar refractivity (Wildman–Crippen MR) is 74.4 cm³/mol. The van der Waals surface area contributed by atoms with Gasteiger partial charge in [0.1, 0.15) is 0 Å². The van der Waals surface area contributed by atoms with Crippen LogP contribution in [0.2, 0.25) is 0 Å². The molecule has 0 bridgehead atoms. The highest BCUT2D eigenvalue weighted by atomic mass is 32.1. The molecule has 16 heavy (non-hydrogen) atoms. The zero-order valence-corrected chi connectivity index (χ0v) is 11.7. The second-order valence-corrected chi connectivity index (χ2v) is 5.86. The van der Waals surface area contributed by atoms with Crippen molar-refractivity contribution in [2.45, 2.75) is 58.9 Å². The van der Waals surface area contributed by atoms with Gasteiger partial charge in [-0.15, -0.1) is 11.3 Å². The Morgan fingerprint density at radius 2 is 2.00 bits per heavy atom. The first-order chi connectivity index (χ1) is 7.76. The molecule has 1 heterocycles. The normalized spacial score (nSPS) is 12.9. The van der Waals surface area contributed by atoms with Crippen molar-refractivity contribution >= 4 is 11.3 Å². The van der Waals surface area contributed by atoms with Gasteiger partial charge >= 0.3 is 0 Å². The lowest BCUT2D eigenvalue weighted by Gasteiger charge is -2.17. The number of hydrogen-bond acceptors (Lipinski definition) is 2. The van der Waals surface area contributed by atoms with Gasteiger partial charge in [0.2, 0.25) is 0 Å². The highest BCUT2D eigenvalue weighted by molar-refractivity contribution is 7.11. The first-order valence-electron chi connectivity index (χ1n) is 6.55. The molecule has 0 aliphatic rings. The average Bonchev–Trinajstić information content (AvgIpc) is 2.68. The van der Waals surface area contributed by atoms with Crippen LogP contribution in [0.1, 0.15) is 49.3 Å². The Balaban J connectivity index is 2.30. The Labute approximate surface area is 104 Å². The molecule has 1 aromatic rings. The maximum atomic E-state index is 3.65. The lowest BCUT2D eigenvalue weighted by Crippen LogP contribution is -2.30. The molecular formula is C14H25NS. The molecule has 2 heteroatoms. The van der Waals surface area contributed by atoms with Gasteiger partial charge in [0.05, 0.1) is 0 Å². The molecule has 0 aromatic carbocycles. The fourth-order valence-corrected chi connectivity index (χ4v) is 2.89. The molecule has 0 spiro atoms. The monoisotopic (exact) mass is 239 g/mol. The van der Waals surface area contributed by atoms with Crippen LogP contribution in [0.15, 0.2) is 12.1 Å². The van der Waals surface area contributed by atoms with Crippen molar-refractivity contribution in [1.82, 2.24) is 5.32 Å². The van der Waals surface area contributed by atoms with Gasteiger partial charge in [-0.05, 0) is 51.3 Å². The quantitative estimate of drug-likeness (QED) is 0.718. The first-order valence-corrected chi connectivity index (χ1v) is 7.36. The van der Waals surface area contributed by atoms with Crippen molar-refractivity contribution in [3.63, 3.8) is 0 Å². The molecule has 1 N–H and O–H groups in total. The fourth-order valence-electron chi connectivity index (χ4n) is 1.98. The minimum Gasteiger partial charge on any atom is -0.314 e. The topological polar surface area (TPSA) is 12.0 Å². The number of nitrogens with one attached hydrogen (secondary N) is 1. The van der Waals surface area contributed by atoms with Gasteiger partial charge in [0, 0.05) is 15.8 Å². The molecule has 1 rings (SSSR count). The smallest absolute Gasteiger partial charge is 0.00704 e. The summed E-state index contributed by atoms with van der Waals surface area (Å²) in [6.07, 6.45) is 6.35. The molecule has 0 saturated heterocycles. The molecule has 1 unspecified atom stereocenters. The Bertz CT molecular complexity index is 280. The van der Waals surface area contributed by atoms with Crippen LogP contribution in [0, 0.1) is 6.92 Å². The van der Waals surface area contributed by atoms with Crippen molar-refractivity contribution in [3.8, 4) is 0 Å². The molecule has 1 atom stereocenters. The second-order valence-electron chi connectivity index (χ2n) is 4.49. The van der Waals surface area contributed by atoms with E-state index in [2.05, 4.69) is 38.2 Å². The van der Waals surface area contributed by atoms with Gasteiger partial charge in [-0.2, -0.15) is 0 Å². The van der Waals surface area contributed by atoms with E-state index in [4.69, 9.17) is 0 Å². The van der Waals surface area contributed by atoms with E-state index in [0.29, 0.717) is 6.04 Å². The van der Waals surface area contributed by atoms with Crippen LogP contribution in [0.3, 0.4) is 0 Å². The first kappa shape index (κ1) is 13.7. The van der Waals surface area contributed by atoms with Crippen LogP contribution in [-0.4, -0.2) is 12.6 Å². The van der Waals surface area contributed by atoms with Crippen molar-refractivity contribution in [2.75, 3.05) is 6.54 Å². The summed E-state index contributed by atoms with van der Waals surface area (Å²) in [5, 5.41) is 3.65. The summed E-state index contributed by atoms with van der Waals surface area (Å²) >= 11 is 1.94. The highest BCUT2D eigenvalue weighted by Crippen LogP contribution is 2.18. The molecule has 0 aliphatic heterocycles. The lowest BCUT2D eigenvalue weighted by atomic mass is 10.1. The lowest BCUT2D eigenvalue weighted by molar-refractivity contribution is 0.450. The summed E-state index contributed by atoms with van der Waals surface area (Å²) in [7, 11) is 0. The highest BCUT2D eigenvalue weighted by Gasteiger charge is 2.07.